The molecule has 0 aliphatic rings. The Balaban J connectivity index is 1.49. The van der Waals surface area contributed by atoms with Crippen LogP contribution in [0.5, 0.6) is 5.75 Å². The summed E-state index contributed by atoms with van der Waals surface area (Å²) >= 11 is 0. The summed E-state index contributed by atoms with van der Waals surface area (Å²) in [5.74, 6) is 0.0238. The normalized spacial score (nSPS) is 12.3. The first-order chi connectivity index (χ1) is 18.8. The number of carbonyl (C=O) groups is 1. The minimum Gasteiger partial charge on any atom is -0.508 e. The van der Waals surface area contributed by atoms with E-state index in [0.29, 0.717) is 37.4 Å². The van der Waals surface area contributed by atoms with Gasteiger partial charge >= 0.3 is 6.03 Å². The molecule has 2 amide bonds. The summed E-state index contributed by atoms with van der Waals surface area (Å²) < 4.78 is 32.4. The fourth-order valence-corrected chi connectivity index (χ4v) is 4.98. The van der Waals surface area contributed by atoms with E-state index in [-0.39, 0.29) is 17.3 Å². The maximum absolute atomic E-state index is 12.3. The molecular weight excluding hydrogens is 522 g/mol. The van der Waals surface area contributed by atoms with Crippen LogP contribution in [0, 0.1) is 0 Å². The van der Waals surface area contributed by atoms with E-state index < -0.39 is 22.2 Å². The van der Waals surface area contributed by atoms with Crippen molar-refractivity contribution >= 4 is 16.1 Å². The summed E-state index contributed by atoms with van der Waals surface area (Å²) in [7, 11) is -3.90. The standard InChI is InChI=1S/C28H43N3O7S/c1-2-30-28(35)31-39(36,37)25-12-9-11-22(18-25)10-5-8-17-38-16-7-4-3-6-15-29-20-27(34)23-13-14-26(33)24(19-23)21-32/h9,11-14,18-19,27,29,32-34H,2-8,10,15-17,20-21H2,1H3,(H2,30,31,35)/t27-/m0/s1. The molecule has 0 fully saturated rings. The molecular formula is C28H43N3O7S. The molecule has 1 atom stereocenters. The molecule has 0 bridgehead atoms. The topological polar surface area (TPSA) is 157 Å². The predicted molar refractivity (Wildman–Crippen MR) is 150 cm³/mol. The zero-order valence-corrected chi connectivity index (χ0v) is 23.5. The predicted octanol–water partition coefficient (Wildman–Crippen LogP) is 3.12. The van der Waals surface area contributed by atoms with Crippen LogP contribution in [0.15, 0.2) is 47.4 Å². The molecule has 0 aliphatic heterocycles. The van der Waals surface area contributed by atoms with E-state index in [2.05, 4.69) is 10.6 Å². The number of carbonyl (C=O) groups excluding carboxylic acids is 1. The van der Waals surface area contributed by atoms with Gasteiger partial charge in [0.1, 0.15) is 5.75 Å². The van der Waals surface area contributed by atoms with Gasteiger partial charge in [-0.3, -0.25) is 0 Å². The average Bonchev–Trinajstić information content (AvgIpc) is 2.91. The van der Waals surface area contributed by atoms with E-state index in [0.717, 1.165) is 57.1 Å². The summed E-state index contributed by atoms with van der Waals surface area (Å²) in [5.41, 5.74) is 1.96. The number of ether oxygens (including phenoxy) is 1. The van der Waals surface area contributed by atoms with Crippen LogP contribution in [0.1, 0.15) is 68.2 Å². The second kappa shape index (κ2) is 17.8. The summed E-state index contributed by atoms with van der Waals surface area (Å²) in [4.78, 5) is 11.6. The van der Waals surface area contributed by atoms with Crippen molar-refractivity contribution in [3.8, 4) is 5.75 Å². The molecule has 0 unspecified atom stereocenters. The number of aliphatic hydroxyl groups is 2. The van der Waals surface area contributed by atoms with Gasteiger partial charge in [-0.25, -0.2) is 17.9 Å². The second-order valence-corrected chi connectivity index (χ2v) is 11.0. The summed E-state index contributed by atoms with van der Waals surface area (Å²) in [6, 6.07) is 10.6. The first-order valence-corrected chi connectivity index (χ1v) is 15.0. The van der Waals surface area contributed by atoms with Crippen LogP contribution in [-0.4, -0.2) is 62.6 Å². The number of rotatable bonds is 19. The van der Waals surface area contributed by atoms with Crippen LogP contribution < -0.4 is 15.4 Å². The van der Waals surface area contributed by atoms with E-state index in [9.17, 15) is 28.5 Å². The molecule has 11 heteroatoms. The quantitative estimate of drug-likeness (QED) is 0.142. The number of nitrogens with one attached hydrogen (secondary N) is 3. The number of benzene rings is 2. The Kier molecular flexibility index (Phi) is 14.8. The van der Waals surface area contributed by atoms with E-state index in [1.165, 1.54) is 12.1 Å². The van der Waals surface area contributed by atoms with Gasteiger partial charge in [0.25, 0.3) is 10.0 Å². The number of urea groups is 1. The number of phenols is 1. The van der Waals surface area contributed by atoms with Crippen molar-refractivity contribution in [1.82, 2.24) is 15.4 Å². The van der Waals surface area contributed by atoms with Crippen molar-refractivity contribution in [3.05, 3.63) is 59.2 Å². The number of unbranched alkanes of at least 4 members (excludes halogenated alkanes) is 4. The Bertz CT molecular complexity index is 1110. The highest BCUT2D eigenvalue weighted by molar-refractivity contribution is 7.90. The van der Waals surface area contributed by atoms with Crippen LogP contribution in [0.4, 0.5) is 4.79 Å². The molecule has 2 aromatic rings. The molecule has 0 heterocycles. The van der Waals surface area contributed by atoms with E-state index in [1.807, 2.05) is 10.8 Å². The average molecular weight is 566 g/mol. The van der Waals surface area contributed by atoms with Crippen molar-refractivity contribution in [2.24, 2.45) is 0 Å². The Morgan fingerprint density at radius 2 is 1.74 bits per heavy atom. The molecule has 6 N–H and O–H groups in total. The lowest BCUT2D eigenvalue weighted by molar-refractivity contribution is 0.126. The maximum Gasteiger partial charge on any atom is 0.328 e. The summed E-state index contributed by atoms with van der Waals surface area (Å²) in [5, 5.41) is 34.8. The van der Waals surface area contributed by atoms with Crippen LogP contribution >= 0.6 is 0 Å². The number of hydrogen-bond donors (Lipinski definition) is 6. The van der Waals surface area contributed by atoms with Gasteiger partial charge in [-0.15, -0.1) is 0 Å². The fourth-order valence-electron chi connectivity index (χ4n) is 3.98. The molecule has 0 aliphatic carbocycles. The zero-order chi connectivity index (χ0) is 28.5. The van der Waals surface area contributed by atoms with Crippen molar-refractivity contribution < 1.29 is 33.3 Å². The van der Waals surface area contributed by atoms with Gasteiger partial charge in [-0.2, -0.15) is 0 Å². The number of amides is 2. The Labute approximate surface area is 231 Å². The fraction of sp³-hybridized carbons (Fsp3) is 0.536. The zero-order valence-electron chi connectivity index (χ0n) is 22.7. The van der Waals surface area contributed by atoms with E-state index in [1.54, 1.807) is 31.2 Å². The third kappa shape index (κ3) is 12.3. The van der Waals surface area contributed by atoms with Gasteiger partial charge in [-0.1, -0.05) is 31.0 Å². The lowest BCUT2D eigenvalue weighted by atomic mass is 10.1. The van der Waals surface area contributed by atoms with Gasteiger partial charge < -0.3 is 30.7 Å². The SMILES string of the molecule is CCNC(=O)NS(=O)(=O)c1cccc(CCCCOCCCCCCNC[C@H](O)c2ccc(O)c(CO)c2)c1. The first-order valence-electron chi connectivity index (χ1n) is 13.6. The monoisotopic (exact) mass is 565 g/mol. The molecule has 0 radical (unpaired) electrons. The van der Waals surface area contributed by atoms with Crippen LogP contribution in [0.25, 0.3) is 0 Å². The Morgan fingerprint density at radius 3 is 2.49 bits per heavy atom. The van der Waals surface area contributed by atoms with Crippen molar-refractivity contribution in [1.29, 1.82) is 0 Å². The number of hydrogen-bond acceptors (Lipinski definition) is 8. The third-order valence-corrected chi connectivity index (χ3v) is 7.49. The molecule has 39 heavy (non-hydrogen) atoms. The smallest absolute Gasteiger partial charge is 0.328 e. The van der Waals surface area contributed by atoms with Gasteiger partial charge in [0.05, 0.1) is 17.6 Å². The minimum atomic E-state index is -3.90. The molecule has 2 aromatic carbocycles. The third-order valence-electron chi connectivity index (χ3n) is 6.17. The van der Waals surface area contributed by atoms with E-state index >= 15 is 0 Å². The van der Waals surface area contributed by atoms with Gasteiger partial charge in [0.2, 0.25) is 0 Å². The Hall–Kier alpha value is -2.70. The lowest BCUT2D eigenvalue weighted by Gasteiger charge is -2.14. The summed E-state index contributed by atoms with van der Waals surface area (Å²) in [6.07, 6.45) is 5.89. The molecule has 0 saturated heterocycles. The number of aliphatic hydroxyl groups excluding tert-OH is 2. The van der Waals surface area contributed by atoms with Crippen molar-refractivity contribution in [2.45, 2.75) is 69.5 Å². The minimum absolute atomic E-state index is 0.0238. The molecule has 218 valence electrons. The Morgan fingerprint density at radius 1 is 1.00 bits per heavy atom. The molecule has 10 nitrogen and oxygen atoms in total. The number of aryl methyl sites for hydroxylation is 1. The van der Waals surface area contributed by atoms with Gasteiger partial charge in [0.15, 0.2) is 0 Å². The van der Waals surface area contributed by atoms with Crippen LogP contribution in [0.2, 0.25) is 0 Å². The second-order valence-electron chi connectivity index (χ2n) is 9.36. The van der Waals surface area contributed by atoms with Crippen LogP contribution in [0.3, 0.4) is 0 Å². The maximum atomic E-state index is 12.3. The first kappa shape index (κ1) is 32.5. The van der Waals surface area contributed by atoms with Gasteiger partial charge in [0, 0.05) is 31.9 Å². The number of aromatic hydroxyl groups is 1. The molecule has 0 saturated carbocycles. The van der Waals surface area contributed by atoms with E-state index in [4.69, 9.17) is 4.74 Å². The number of sulfonamides is 1. The van der Waals surface area contributed by atoms with Gasteiger partial charge in [-0.05, 0) is 81.0 Å². The van der Waals surface area contributed by atoms with Crippen LogP contribution in [-0.2, 0) is 27.8 Å². The molecule has 0 spiro atoms. The highest BCUT2D eigenvalue weighted by Crippen LogP contribution is 2.22. The lowest BCUT2D eigenvalue weighted by Crippen LogP contribution is -2.39. The molecule has 0 aromatic heterocycles. The molecule has 2 rings (SSSR count). The van der Waals surface area contributed by atoms with Crippen molar-refractivity contribution in [2.75, 3.05) is 32.8 Å². The van der Waals surface area contributed by atoms with Crippen molar-refractivity contribution in [3.63, 3.8) is 0 Å². The highest BCUT2D eigenvalue weighted by atomic mass is 32.2. The highest BCUT2D eigenvalue weighted by Gasteiger charge is 2.17. The summed E-state index contributed by atoms with van der Waals surface area (Å²) in [6.45, 7) is 4.35. The largest absolute Gasteiger partial charge is 0.508 e.